The summed E-state index contributed by atoms with van der Waals surface area (Å²) in [7, 11) is 4.01. The Morgan fingerprint density at radius 1 is 0.977 bits per heavy atom. The number of hydrogen-bond acceptors (Lipinski definition) is 8. The number of rotatable bonds is 11. The number of anilines is 2. The highest BCUT2D eigenvalue weighted by Crippen LogP contribution is 2.35. The summed E-state index contributed by atoms with van der Waals surface area (Å²) in [6, 6.07) is 12.8. The highest BCUT2D eigenvalue weighted by atomic mass is 19.1. The number of halogens is 1. The van der Waals surface area contributed by atoms with Crippen LogP contribution >= 0.6 is 0 Å². The van der Waals surface area contributed by atoms with Crippen LogP contribution < -0.4 is 10.6 Å². The van der Waals surface area contributed by atoms with Crippen LogP contribution in [0.4, 0.5) is 15.8 Å². The Hall–Kier alpha value is -4.87. The number of hydrogen-bond donors (Lipinski definition) is 5. The number of aromatic nitrogens is 6. The molecule has 0 fully saturated rings. The zero-order chi connectivity index (χ0) is 29.9. The quantitative estimate of drug-likeness (QED) is 0.120. The summed E-state index contributed by atoms with van der Waals surface area (Å²) in [5.41, 5.74) is 7.55. The number of H-pyrrole nitrogens is 2. The van der Waals surface area contributed by atoms with Gasteiger partial charge in [0.25, 0.3) is 0 Å². The van der Waals surface area contributed by atoms with Crippen LogP contribution in [0, 0.1) is 5.82 Å². The van der Waals surface area contributed by atoms with Crippen LogP contribution in [0.15, 0.2) is 67.3 Å². The maximum Gasteiger partial charge on any atom is 0.138 e. The lowest BCUT2D eigenvalue weighted by Gasteiger charge is -2.13. The standard InChI is InChI=1S/C32H34FN9O/c1-4-5-30(43)38-23-12-20(16-34-17-23)27-15-26-29(18-37-27)40-41-31(26)28-14-25-24(6-7-36-32(25)39-28)19-10-21(33)13-22(11-19)35-8-9-42(2)3/h6-7,10-18,30,35,38,43H,4-5,8-9H2,1-3H3,(H,36,39)(H,40,41). The van der Waals surface area contributed by atoms with Crippen LogP contribution in [-0.4, -0.2) is 73.6 Å². The van der Waals surface area contributed by atoms with E-state index in [1.54, 1.807) is 30.9 Å². The number of likely N-dealkylation sites (N-methyl/N-ethyl adjacent to an activating group) is 1. The molecule has 0 aliphatic rings. The summed E-state index contributed by atoms with van der Waals surface area (Å²) in [4.78, 5) is 19.0. The first-order valence-electron chi connectivity index (χ1n) is 14.3. The third-order valence-corrected chi connectivity index (χ3v) is 7.26. The van der Waals surface area contributed by atoms with Gasteiger partial charge in [-0.05, 0) is 74.1 Å². The third kappa shape index (κ3) is 6.18. The molecule has 0 spiro atoms. The lowest BCUT2D eigenvalue weighted by Crippen LogP contribution is -2.20. The minimum atomic E-state index is -0.642. The smallest absolute Gasteiger partial charge is 0.138 e. The molecule has 1 unspecified atom stereocenters. The molecule has 0 aliphatic carbocycles. The molecule has 11 heteroatoms. The van der Waals surface area contributed by atoms with Crippen molar-refractivity contribution >= 4 is 33.3 Å². The van der Waals surface area contributed by atoms with Crippen LogP contribution in [0.2, 0.25) is 0 Å². The van der Waals surface area contributed by atoms with E-state index in [0.717, 1.165) is 68.7 Å². The monoisotopic (exact) mass is 579 g/mol. The number of nitrogens with one attached hydrogen (secondary N) is 4. The highest BCUT2D eigenvalue weighted by molar-refractivity contribution is 6.00. The molecule has 43 heavy (non-hydrogen) atoms. The predicted octanol–water partition coefficient (Wildman–Crippen LogP) is 5.87. The Morgan fingerprint density at radius 3 is 2.67 bits per heavy atom. The van der Waals surface area contributed by atoms with E-state index >= 15 is 0 Å². The van der Waals surface area contributed by atoms with Gasteiger partial charge in [-0.25, -0.2) is 9.37 Å². The predicted molar refractivity (Wildman–Crippen MR) is 169 cm³/mol. The molecule has 5 aromatic heterocycles. The van der Waals surface area contributed by atoms with Crippen molar-refractivity contribution in [1.82, 2.24) is 35.0 Å². The van der Waals surface area contributed by atoms with Crippen molar-refractivity contribution < 1.29 is 9.50 Å². The van der Waals surface area contributed by atoms with E-state index in [0.29, 0.717) is 24.3 Å². The van der Waals surface area contributed by atoms with Crippen molar-refractivity contribution in [2.75, 3.05) is 37.8 Å². The van der Waals surface area contributed by atoms with E-state index in [1.807, 2.05) is 51.4 Å². The summed E-state index contributed by atoms with van der Waals surface area (Å²) in [5.74, 6) is -0.308. The average molecular weight is 580 g/mol. The Morgan fingerprint density at radius 2 is 1.84 bits per heavy atom. The molecule has 5 heterocycles. The lowest BCUT2D eigenvalue weighted by molar-refractivity contribution is 0.192. The molecule has 10 nitrogen and oxygen atoms in total. The molecule has 6 aromatic rings. The van der Waals surface area contributed by atoms with E-state index in [2.05, 4.69) is 45.7 Å². The molecule has 0 bridgehead atoms. The van der Waals surface area contributed by atoms with E-state index in [4.69, 9.17) is 0 Å². The fraction of sp³-hybridized carbons (Fsp3) is 0.250. The zero-order valence-corrected chi connectivity index (χ0v) is 24.3. The fourth-order valence-corrected chi connectivity index (χ4v) is 5.15. The third-order valence-electron chi connectivity index (χ3n) is 7.26. The summed E-state index contributed by atoms with van der Waals surface area (Å²) in [6.07, 6.45) is 7.76. The molecule has 1 atom stereocenters. The van der Waals surface area contributed by atoms with E-state index in [1.165, 1.54) is 6.07 Å². The molecular weight excluding hydrogens is 545 g/mol. The van der Waals surface area contributed by atoms with Gasteiger partial charge in [0, 0.05) is 47.5 Å². The van der Waals surface area contributed by atoms with Crippen molar-refractivity contribution in [3.8, 4) is 33.8 Å². The second kappa shape index (κ2) is 12.2. The topological polar surface area (TPSA) is 131 Å². The Labute approximate surface area is 248 Å². The van der Waals surface area contributed by atoms with Gasteiger partial charge in [0.15, 0.2) is 0 Å². The summed E-state index contributed by atoms with van der Waals surface area (Å²) >= 11 is 0. The average Bonchev–Trinajstić information content (AvgIpc) is 3.60. The summed E-state index contributed by atoms with van der Waals surface area (Å²) < 4.78 is 14.7. The summed E-state index contributed by atoms with van der Waals surface area (Å²) in [6.45, 7) is 3.56. The van der Waals surface area contributed by atoms with Gasteiger partial charge in [0.05, 0.1) is 35.0 Å². The van der Waals surface area contributed by atoms with Gasteiger partial charge >= 0.3 is 0 Å². The number of benzene rings is 1. The molecule has 0 saturated carbocycles. The maximum absolute atomic E-state index is 14.7. The first-order chi connectivity index (χ1) is 20.9. The number of nitrogens with zero attached hydrogens (tertiary/aromatic N) is 5. The lowest BCUT2D eigenvalue weighted by atomic mass is 10.0. The Bertz CT molecular complexity index is 1880. The second-order valence-electron chi connectivity index (χ2n) is 10.9. The van der Waals surface area contributed by atoms with Crippen LogP contribution in [0.1, 0.15) is 19.8 Å². The van der Waals surface area contributed by atoms with E-state index < -0.39 is 6.23 Å². The molecule has 5 N–H and O–H groups in total. The molecule has 6 rings (SSSR count). The largest absolute Gasteiger partial charge is 0.384 e. The molecule has 0 radical (unpaired) electrons. The number of aromatic amines is 2. The van der Waals surface area contributed by atoms with Gasteiger partial charge in [-0.15, -0.1) is 0 Å². The van der Waals surface area contributed by atoms with Crippen LogP contribution in [0.25, 0.3) is 55.7 Å². The Kier molecular flexibility index (Phi) is 7.99. The van der Waals surface area contributed by atoms with Gasteiger partial charge in [-0.3, -0.25) is 15.1 Å². The molecule has 220 valence electrons. The van der Waals surface area contributed by atoms with Crippen LogP contribution in [-0.2, 0) is 0 Å². The minimum Gasteiger partial charge on any atom is -0.384 e. The van der Waals surface area contributed by atoms with Gasteiger partial charge in [0.1, 0.15) is 23.4 Å². The van der Waals surface area contributed by atoms with Crippen molar-refractivity contribution in [3.63, 3.8) is 0 Å². The number of aliphatic hydroxyl groups is 1. The van der Waals surface area contributed by atoms with Crippen molar-refractivity contribution in [2.24, 2.45) is 0 Å². The van der Waals surface area contributed by atoms with Crippen LogP contribution in [0.5, 0.6) is 0 Å². The number of pyridine rings is 3. The van der Waals surface area contributed by atoms with Crippen molar-refractivity contribution in [1.29, 1.82) is 0 Å². The van der Waals surface area contributed by atoms with E-state index in [-0.39, 0.29) is 5.82 Å². The summed E-state index contributed by atoms with van der Waals surface area (Å²) in [5, 5.41) is 26.0. The molecule has 1 aromatic carbocycles. The van der Waals surface area contributed by atoms with Gasteiger partial charge in [0.2, 0.25) is 0 Å². The first kappa shape index (κ1) is 28.3. The van der Waals surface area contributed by atoms with Crippen LogP contribution in [0.3, 0.4) is 0 Å². The van der Waals surface area contributed by atoms with E-state index in [9.17, 15) is 9.50 Å². The van der Waals surface area contributed by atoms with Crippen molar-refractivity contribution in [3.05, 3.63) is 73.1 Å². The molecule has 0 saturated heterocycles. The highest BCUT2D eigenvalue weighted by Gasteiger charge is 2.16. The fourth-order valence-electron chi connectivity index (χ4n) is 5.15. The van der Waals surface area contributed by atoms with Crippen molar-refractivity contribution in [2.45, 2.75) is 26.0 Å². The van der Waals surface area contributed by atoms with Gasteiger partial charge in [-0.2, -0.15) is 5.10 Å². The normalized spacial score (nSPS) is 12.3. The first-order valence-corrected chi connectivity index (χ1v) is 14.3. The number of aliphatic hydroxyl groups excluding tert-OH is 1. The Balaban J connectivity index is 1.34. The second-order valence-corrected chi connectivity index (χ2v) is 10.9. The van der Waals surface area contributed by atoms with Gasteiger partial charge in [-0.1, -0.05) is 13.3 Å². The number of fused-ring (bicyclic) bond motifs is 2. The molecule has 0 amide bonds. The maximum atomic E-state index is 14.7. The molecule has 0 aliphatic heterocycles. The minimum absolute atomic E-state index is 0.308. The SMILES string of the molecule is CCCC(O)Nc1cncc(-c2cc3c(-c4cc5c(-c6cc(F)cc(NCCN(C)C)c6)ccnc5[nH]4)n[nH]c3cn2)c1. The molecular formula is C32H34FN9O. The zero-order valence-electron chi connectivity index (χ0n) is 24.3. The van der Waals surface area contributed by atoms with Gasteiger partial charge < -0.3 is 25.6 Å².